The molecule has 1 heterocycles. The minimum atomic E-state index is -0.528. The van der Waals surface area contributed by atoms with E-state index in [0.717, 1.165) is 4.88 Å². The summed E-state index contributed by atoms with van der Waals surface area (Å²) in [6, 6.07) is 3.77. The normalized spacial score (nSPS) is 10.9. The maximum Gasteiger partial charge on any atom is 0.407 e. The van der Waals surface area contributed by atoms with Gasteiger partial charge in [-0.1, -0.05) is 6.07 Å². The van der Waals surface area contributed by atoms with Gasteiger partial charge in [0.25, 0.3) is 0 Å². The highest BCUT2D eigenvalue weighted by molar-refractivity contribution is 7.10. The number of hydrogen-bond acceptors (Lipinski definition) is 5. The lowest BCUT2D eigenvalue weighted by molar-refractivity contribution is -0.142. The molecule has 0 atom stereocenters. The minimum Gasteiger partial charge on any atom is -0.464 e. The monoisotopic (exact) mass is 285 g/mol. The Kier molecular flexibility index (Phi) is 5.82. The fourth-order valence-electron chi connectivity index (χ4n) is 1.24. The number of alkyl carbamates (subject to hydrolysis) is 1. The van der Waals surface area contributed by atoms with Gasteiger partial charge in [0.1, 0.15) is 12.2 Å². The molecule has 0 aliphatic heterocycles. The number of hydrogen-bond donors (Lipinski definition) is 1. The van der Waals surface area contributed by atoms with E-state index in [-0.39, 0.29) is 25.5 Å². The van der Waals surface area contributed by atoms with E-state index in [1.54, 1.807) is 20.8 Å². The number of amides is 1. The lowest BCUT2D eigenvalue weighted by atomic mass is 10.2. The van der Waals surface area contributed by atoms with Gasteiger partial charge in [-0.15, -0.1) is 11.3 Å². The maximum atomic E-state index is 11.4. The molecule has 1 aromatic heterocycles. The van der Waals surface area contributed by atoms with Crippen molar-refractivity contribution in [1.29, 1.82) is 0 Å². The summed E-state index contributed by atoms with van der Waals surface area (Å²) in [5.74, 6) is -0.298. The smallest absolute Gasteiger partial charge is 0.407 e. The summed E-state index contributed by atoms with van der Waals surface area (Å²) >= 11 is 1.51. The van der Waals surface area contributed by atoms with Crippen molar-refractivity contribution in [3.05, 3.63) is 22.4 Å². The molecule has 0 fully saturated rings. The van der Waals surface area contributed by atoms with E-state index >= 15 is 0 Å². The van der Waals surface area contributed by atoms with E-state index in [1.807, 2.05) is 17.5 Å². The summed E-state index contributed by atoms with van der Waals surface area (Å²) in [7, 11) is 0. The van der Waals surface area contributed by atoms with Crippen LogP contribution in [0.4, 0.5) is 4.79 Å². The van der Waals surface area contributed by atoms with E-state index in [2.05, 4.69) is 5.32 Å². The molecule has 0 aliphatic rings. The van der Waals surface area contributed by atoms with Crippen molar-refractivity contribution < 1.29 is 19.1 Å². The highest BCUT2D eigenvalue weighted by Gasteiger charge is 2.15. The third-order valence-corrected chi connectivity index (χ3v) is 2.81. The summed E-state index contributed by atoms with van der Waals surface area (Å²) < 4.78 is 10.0. The van der Waals surface area contributed by atoms with Crippen molar-refractivity contribution in [3.63, 3.8) is 0 Å². The van der Waals surface area contributed by atoms with E-state index in [4.69, 9.17) is 9.47 Å². The van der Waals surface area contributed by atoms with Crippen LogP contribution in [0, 0.1) is 0 Å². The van der Waals surface area contributed by atoms with Crippen LogP contribution in [0.25, 0.3) is 0 Å². The Balaban J connectivity index is 2.10. The molecular formula is C13H19NO4S. The largest absolute Gasteiger partial charge is 0.464 e. The van der Waals surface area contributed by atoms with Crippen LogP contribution in [0.15, 0.2) is 17.5 Å². The average molecular weight is 285 g/mol. The maximum absolute atomic E-state index is 11.4. The number of thiophene rings is 1. The molecule has 0 radical (unpaired) electrons. The molecule has 0 aromatic carbocycles. The molecule has 0 aliphatic carbocycles. The molecule has 1 aromatic rings. The second kappa shape index (κ2) is 7.13. The predicted octanol–water partition coefficient (Wildman–Crippen LogP) is 2.36. The molecule has 5 nitrogen and oxygen atoms in total. The first kappa shape index (κ1) is 15.5. The zero-order valence-corrected chi connectivity index (χ0v) is 12.2. The standard InChI is InChI=1S/C13H19NO4S/c1-13(2,3)18-12(16)14-6-7-17-11(15)9-10-5-4-8-19-10/h4-5,8H,6-7,9H2,1-3H3,(H,14,16). The predicted molar refractivity (Wildman–Crippen MR) is 73.2 cm³/mol. The highest BCUT2D eigenvalue weighted by Crippen LogP contribution is 2.09. The second-order valence-corrected chi connectivity index (χ2v) is 5.94. The zero-order chi connectivity index (χ0) is 14.3. The molecule has 0 saturated carbocycles. The summed E-state index contributed by atoms with van der Waals surface area (Å²) in [4.78, 5) is 23.7. The fourth-order valence-corrected chi connectivity index (χ4v) is 1.93. The molecule has 106 valence electrons. The quantitative estimate of drug-likeness (QED) is 0.666. The molecule has 6 heteroatoms. The summed E-state index contributed by atoms with van der Waals surface area (Å²) in [6.45, 7) is 5.74. The second-order valence-electron chi connectivity index (χ2n) is 4.91. The first-order valence-corrected chi connectivity index (χ1v) is 6.89. The lowest BCUT2D eigenvalue weighted by Crippen LogP contribution is -2.34. The Morgan fingerprint density at radius 2 is 2.11 bits per heavy atom. The van der Waals surface area contributed by atoms with Gasteiger partial charge in [0.2, 0.25) is 0 Å². The number of nitrogens with one attached hydrogen (secondary N) is 1. The third kappa shape index (κ3) is 7.46. The Morgan fingerprint density at radius 3 is 2.68 bits per heavy atom. The van der Waals surface area contributed by atoms with Crippen LogP contribution >= 0.6 is 11.3 Å². The first-order valence-electron chi connectivity index (χ1n) is 6.02. The van der Waals surface area contributed by atoms with Crippen LogP contribution in [0.2, 0.25) is 0 Å². The van der Waals surface area contributed by atoms with Crippen molar-refractivity contribution in [3.8, 4) is 0 Å². The third-order valence-electron chi connectivity index (χ3n) is 1.93. The molecule has 0 spiro atoms. The van der Waals surface area contributed by atoms with Crippen LogP contribution in [-0.2, 0) is 20.7 Å². The Morgan fingerprint density at radius 1 is 1.37 bits per heavy atom. The Bertz CT molecular complexity index is 409. The summed E-state index contributed by atoms with van der Waals surface area (Å²) in [6.07, 6.45) is -0.244. The van der Waals surface area contributed by atoms with E-state index in [0.29, 0.717) is 0 Å². The van der Waals surface area contributed by atoms with Gasteiger partial charge in [-0.25, -0.2) is 4.79 Å². The van der Waals surface area contributed by atoms with Gasteiger partial charge in [-0.05, 0) is 32.2 Å². The molecule has 19 heavy (non-hydrogen) atoms. The number of ether oxygens (including phenoxy) is 2. The SMILES string of the molecule is CC(C)(C)OC(=O)NCCOC(=O)Cc1cccs1. The van der Waals surface area contributed by atoms with Crippen LogP contribution in [0.1, 0.15) is 25.6 Å². The Labute approximate surface area is 116 Å². The van der Waals surface area contributed by atoms with Crippen molar-refractivity contribution >= 4 is 23.4 Å². The van der Waals surface area contributed by atoms with Crippen LogP contribution in [-0.4, -0.2) is 30.8 Å². The van der Waals surface area contributed by atoms with Crippen molar-refractivity contribution in [2.24, 2.45) is 0 Å². The van der Waals surface area contributed by atoms with Gasteiger partial charge < -0.3 is 14.8 Å². The molecule has 1 amide bonds. The van der Waals surface area contributed by atoms with E-state index in [1.165, 1.54) is 11.3 Å². The summed E-state index contributed by atoms with van der Waals surface area (Å²) in [5.41, 5.74) is -0.528. The van der Waals surface area contributed by atoms with Gasteiger partial charge in [-0.2, -0.15) is 0 Å². The molecular weight excluding hydrogens is 266 g/mol. The lowest BCUT2D eigenvalue weighted by Gasteiger charge is -2.19. The molecule has 1 N–H and O–H groups in total. The highest BCUT2D eigenvalue weighted by atomic mass is 32.1. The zero-order valence-electron chi connectivity index (χ0n) is 11.4. The van der Waals surface area contributed by atoms with Gasteiger partial charge in [0, 0.05) is 4.88 Å². The van der Waals surface area contributed by atoms with Crippen LogP contribution in [0.5, 0.6) is 0 Å². The molecule has 0 unspecified atom stereocenters. The van der Waals surface area contributed by atoms with Gasteiger partial charge in [-0.3, -0.25) is 4.79 Å². The minimum absolute atomic E-state index is 0.142. The van der Waals surface area contributed by atoms with Crippen molar-refractivity contribution in [2.75, 3.05) is 13.2 Å². The number of rotatable bonds is 5. The topological polar surface area (TPSA) is 64.6 Å². The molecule has 1 rings (SSSR count). The first-order chi connectivity index (χ1) is 8.87. The van der Waals surface area contributed by atoms with Crippen LogP contribution in [0.3, 0.4) is 0 Å². The van der Waals surface area contributed by atoms with Crippen molar-refractivity contribution in [1.82, 2.24) is 5.32 Å². The van der Waals surface area contributed by atoms with Crippen molar-refractivity contribution in [2.45, 2.75) is 32.8 Å². The average Bonchev–Trinajstić information content (AvgIpc) is 2.74. The summed E-state index contributed by atoms with van der Waals surface area (Å²) in [5, 5.41) is 4.43. The molecule has 0 saturated heterocycles. The Hall–Kier alpha value is -1.56. The molecule has 0 bridgehead atoms. The van der Waals surface area contributed by atoms with E-state index < -0.39 is 11.7 Å². The number of carbonyl (C=O) groups is 2. The fraction of sp³-hybridized carbons (Fsp3) is 0.538. The van der Waals surface area contributed by atoms with Gasteiger partial charge in [0.15, 0.2) is 0 Å². The van der Waals surface area contributed by atoms with Gasteiger partial charge >= 0.3 is 12.1 Å². The van der Waals surface area contributed by atoms with Gasteiger partial charge in [0.05, 0.1) is 13.0 Å². The number of esters is 1. The number of carbonyl (C=O) groups excluding carboxylic acids is 2. The van der Waals surface area contributed by atoms with E-state index in [9.17, 15) is 9.59 Å². The van der Waals surface area contributed by atoms with Crippen LogP contribution < -0.4 is 5.32 Å².